The minimum absolute atomic E-state index is 0.560. The summed E-state index contributed by atoms with van der Waals surface area (Å²) in [7, 11) is 0. The number of piperidine rings is 1. The lowest BCUT2D eigenvalue weighted by Crippen LogP contribution is -2.34. The highest BCUT2D eigenvalue weighted by molar-refractivity contribution is 7.99. The van der Waals surface area contributed by atoms with Crippen molar-refractivity contribution in [2.24, 2.45) is 5.92 Å². The summed E-state index contributed by atoms with van der Waals surface area (Å²) in [5, 5.41) is 19.0. The molecule has 1 aromatic carbocycles. The molecule has 1 saturated heterocycles. The maximum absolute atomic E-state index is 8.96. The first-order valence-corrected chi connectivity index (χ1v) is 10.7. The van der Waals surface area contributed by atoms with E-state index in [9.17, 15) is 0 Å². The first-order valence-electron chi connectivity index (χ1n) is 9.70. The SMILES string of the molecule is CC1CCN(c2nnc(SCCOc3cccc(C#N)c3)n2C2CC2)CC1. The van der Waals surface area contributed by atoms with Crippen LogP contribution in [0.15, 0.2) is 29.4 Å². The van der Waals surface area contributed by atoms with E-state index in [1.54, 1.807) is 23.9 Å². The lowest BCUT2D eigenvalue weighted by molar-refractivity contribution is 0.343. The zero-order valence-electron chi connectivity index (χ0n) is 15.7. The highest BCUT2D eigenvalue weighted by Gasteiger charge is 2.32. The summed E-state index contributed by atoms with van der Waals surface area (Å²) in [4.78, 5) is 2.40. The van der Waals surface area contributed by atoms with Crippen molar-refractivity contribution in [3.63, 3.8) is 0 Å². The molecular weight excluding hydrogens is 358 g/mol. The number of hydrogen-bond acceptors (Lipinski definition) is 6. The van der Waals surface area contributed by atoms with E-state index in [0.717, 1.165) is 41.6 Å². The first kappa shape index (κ1) is 18.2. The van der Waals surface area contributed by atoms with Gasteiger partial charge in [-0.05, 0) is 49.8 Å². The van der Waals surface area contributed by atoms with Crippen molar-refractivity contribution in [1.29, 1.82) is 5.26 Å². The molecule has 142 valence electrons. The number of benzene rings is 1. The third-order valence-electron chi connectivity index (χ3n) is 5.17. The Morgan fingerprint density at radius 3 is 2.78 bits per heavy atom. The molecule has 1 aromatic heterocycles. The minimum Gasteiger partial charge on any atom is -0.493 e. The molecule has 7 heteroatoms. The van der Waals surface area contributed by atoms with Crippen LogP contribution >= 0.6 is 11.8 Å². The molecule has 2 fully saturated rings. The Morgan fingerprint density at radius 1 is 1.22 bits per heavy atom. The summed E-state index contributed by atoms with van der Waals surface area (Å²) in [5.74, 6) is 3.40. The van der Waals surface area contributed by atoms with Gasteiger partial charge in [0.15, 0.2) is 5.16 Å². The van der Waals surface area contributed by atoms with Gasteiger partial charge in [0.05, 0.1) is 18.2 Å². The molecule has 6 nitrogen and oxygen atoms in total. The predicted octanol–water partition coefficient (Wildman–Crippen LogP) is 3.89. The van der Waals surface area contributed by atoms with Crippen LogP contribution in [-0.4, -0.2) is 40.2 Å². The maximum atomic E-state index is 8.96. The quantitative estimate of drug-likeness (QED) is 0.534. The normalized spacial score (nSPS) is 17.7. The topological polar surface area (TPSA) is 67.0 Å². The van der Waals surface area contributed by atoms with Gasteiger partial charge in [-0.1, -0.05) is 24.8 Å². The van der Waals surface area contributed by atoms with Crippen LogP contribution in [0, 0.1) is 17.2 Å². The molecule has 0 bridgehead atoms. The molecule has 0 unspecified atom stereocenters. The molecule has 0 amide bonds. The molecule has 0 spiro atoms. The number of ether oxygens (including phenoxy) is 1. The number of nitrogens with zero attached hydrogens (tertiary/aromatic N) is 5. The Morgan fingerprint density at radius 2 is 2.04 bits per heavy atom. The molecule has 2 aliphatic rings. The second kappa shape index (κ2) is 8.22. The van der Waals surface area contributed by atoms with Gasteiger partial charge in [0, 0.05) is 24.9 Å². The summed E-state index contributed by atoms with van der Waals surface area (Å²) in [6.07, 6.45) is 4.91. The van der Waals surface area contributed by atoms with Gasteiger partial charge in [-0.25, -0.2) is 0 Å². The van der Waals surface area contributed by atoms with E-state index in [-0.39, 0.29) is 0 Å². The number of thioether (sulfide) groups is 1. The molecule has 0 radical (unpaired) electrons. The van der Waals surface area contributed by atoms with Crippen molar-refractivity contribution in [2.45, 2.75) is 43.8 Å². The molecule has 1 saturated carbocycles. The molecule has 27 heavy (non-hydrogen) atoms. The van der Waals surface area contributed by atoms with E-state index in [0.29, 0.717) is 18.2 Å². The lowest BCUT2D eigenvalue weighted by Gasteiger charge is -2.31. The number of rotatable bonds is 7. The van der Waals surface area contributed by atoms with Crippen LogP contribution in [0.25, 0.3) is 0 Å². The van der Waals surface area contributed by atoms with Crippen LogP contribution in [0.5, 0.6) is 5.75 Å². The van der Waals surface area contributed by atoms with Crippen molar-refractivity contribution in [2.75, 3.05) is 30.3 Å². The number of hydrogen-bond donors (Lipinski definition) is 0. The van der Waals surface area contributed by atoms with E-state index in [1.807, 2.05) is 12.1 Å². The van der Waals surface area contributed by atoms with E-state index in [1.165, 1.54) is 25.7 Å². The van der Waals surface area contributed by atoms with E-state index in [2.05, 4.69) is 32.7 Å². The standard InChI is InChI=1S/C20H25N5OS/c1-15-7-9-24(10-8-15)19-22-23-20(25(19)17-5-6-17)27-12-11-26-18-4-2-3-16(13-18)14-21/h2-4,13,15,17H,5-12H2,1H3. The van der Waals surface area contributed by atoms with Gasteiger partial charge in [-0.2, -0.15) is 5.26 Å². The van der Waals surface area contributed by atoms with Crippen LogP contribution in [0.4, 0.5) is 5.95 Å². The van der Waals surface area contributed by atoms with Crippen LogP contribution in [0.2, 0.25) is 0 Å². The van der Waals surface area contributed by atoms with Crippen LogP contribution < -0.4 is 9.64 Å². The average Bonchev–Trinajstić information content (AvgIpc) is 3.45. The fourth-order valence-electron chi connectivity index (χ4n) is 3.39. The van der Waals surface area contributed by atoms with E-state index < -0.39 is 0 Å². The average molecular weight is 384 g/mol. The van der Waals surface area contributed by atoms with Crippen LogP contribution in [0.1, 0.15) is 44.2 Å². The van der Waals surface area contributed by atoms with Gasteiger partial charge in [-0.3, -0.25) is 4.57 Å². The maximum Gasteiger partial charge on any atom is 0.228 e. The Kier molecular flexibility index (Phi) is 5.53. The van der Waals surface area contributed by atoms with E-state index in [4.69, 9.17) is 10.00 Å². The van der Waals surface area contributed by atoms with Gasteiger partial charge < -0.3 is 9.64 Å². The van der Waals surface area contributed by atoms with Gasteiger partial charge in [0.1, 0.15) is 5.75 Å². The number of nitriles is 1. The zero-order chi connectivity index (χ0) is 18.6. The second-order valence-electron chi connectivity index (χ2n) is 7.39. The van der Waals surface area contributed by atoms with Crippen molar-refractivity contribution < 1.29 is 4.74 Å². The van der Waals surface area contributed by atoms with Gasteiger partial charge in [-0.15, -0.1) is 10.2 Å². The van der Waals surface area contributed by atoms with Gasteiger partial charge >= 0.3 is 0 Å². The van der Waals surface area contributed by atoms with Gasteiger partial charge in [0.25, 0.3) is 0 Å². The van der Waals surface area contributed by atoms with E-state index >= 15 is 0 Å². The predicted molar refractivity (Wildman–Crippen MR) is 106 cm³/mol. The van der Waals surface area contributed by atoms with Crippen LogP contribution in [0.3, 0.4) is 0 Å². The third-order valence-corrected chi connectivity index (χ3v) is 6.08. The molecule has 1 aliphatic carbocycles. The summed E-state index contributed by atoms with van der Waals surface area (Å²) >= 11 is 1.70. The highest BCUT2D eigenvalue weighted by atomic mass is 32.2. The smallest absolute Gasteiger partial charge is 0.228 e. The zero-order valence-corrected chi connectivity index (χ0v) is 16.5. The Labute approximate surface area is 164 Å². The minimum atomic E-state index is 0.560. The summed E-state index contributed by atoms with van der Waals surface area (Å²) < 4.78 is 8.13. The van der Waals surface area contributed by atoms with Gasteiger partial charge in [0.2, 0.25) is 5.95 Å². The molecular formula is C20H25N5OS. The van der Waals surface area contributed by atoms with Crippen molar-refractivity contribution in [3.05, 3.63) is 29.8 Å². The second-order valence-corrected chi connectivity index (χ2v) is 8.45. The fraction of sp³-hybridized carbons (Fsp3) is 0.550. The van der Waals surface area contributed by atoms with Crippen molar-refractivity contribution in [1.82, 2.24) is 14.8 Å². The Balaban J connectivity index is 1.35. The summed E-state index contributed by atoms with van der Waals surface area (Å²) in [6, 6.07) is 9.97. The summed E-state index contributed by atoms with van der Waals surface area (Å²) in [5.41, 5.74) is 0.620. The molecule has 0 atom stereocenters. The van der Waals surface area contributed by atoms with Crippen molar-refractivity contribution in [3.8, 4) is 11.8 Å². The van der Waals surface area contributed by atoms with Crippen molar-refractivity contribution >= 4 is 17.7 Å². The largest absolute Gasteiger partial charge is 0.493 e. The monoisotopic (exact) mass is 383 g/mol. The lowest BCUT2D eigenvalue weighted by atomic mass is 10.00. The molecule has 2 aromatic rings. The Hall–Kier alpha value is -2.20. The van der Waals surface area contributed by atoms with Crippen LogP contribution in [-0.2, 0) is 0 Å². The Bertz CT molecular complexity index is 818. The fourth-order valence-corrected chi connectivity index (χ4v) is 4.21. The molecule has 2 heterocycles. The first-order chi connectivity index (χ1) is 13.2. The molecule has 0 N–H and O–H groups in total. The third kappa shape index (κ3) is 4.38. The molecule has 4 rings (SSSR count). The number of anilines is 1. The highest BCUT2D eigenvalue weighted by Crippen LogP contribution is 2.41. The summed E-state index contributed by atoms with van der Waals surface area (Å²) in [6.45, 7) is 5.06. The number of aromatic nitrogens is 3. The molecule has 1 aliphatic heterocycles.